The maximum Gasteiger partial charge on any atom is 0.255 e. The predicted molar refractivity (Wildman–Crippen MR) is 74.1 cm³/mol. The van der Waals surface area contributed by atoms with E-state index in [0.29, 0.717) is 17.7 Å². The third kappa shape index (κ3) is 3.56. The highest BCUT2D eigenvalue weighted by molar-refractivity contribution is 5.94. The number of hydrogen-bond acceptors (Lipinski definition) is 4. The van der Waals surface area contributed by atoms with Crippen LogP contribution in [0.3, 0.4) is 0 Å². The molecular weight excluding hydrogens is 256 g/mol. The van der Waals surface area contributed by atoms with Gasteiger partial charge in [0.15, 0.2) is 0 Å². The summed E-state index contributed by atoms with van der Waals surface area (Å²) in [5.74, 6) is 5.25. The van der Waals surface area contributed by atoms with Crippen molar-refractivity contribution in [3.8, 4) is 11.8 Å². The summed E-state index contributed by atoms with van der Waals surface area (Å²) >= 11 is 0. The van der Waals surface area contributed by atoms with Gasteiger partial charge in [0, 0.05) is 38.2 Å². The quantitative estimate of drug-likeness (QED) is 0.805. The molecule has 1 aliphatic rings. The topological polar surface area (TPSA) is 62.7 Å². The number of piperidine rings is 1. The fourth-order valence-corrected chi connectivity index (χ4v) is 2.26. The highest BCUT2D eigenvalue weighted by Gasteiger charge is 2.24. The first-order chi connectivity index (χ1) is 9.74. The van der Waals surface area contributed by atoms with E-state index >= 15 is 0 Å². The first kappa shape index (κ1) is 14.5. The Kier molecular flexibility index (Phi) is 5.10. The summed E-state index contributed by atoms with van der Waals surface area (Å²) in [7, 11) is 1.67. The van der Waals surface area contributed by atoms with Crippen LogP contribution in [0.4, 0.5) is 0 Å². The number of methoxy groups -OCH3 is 1. The number of aliphatic hydroxyl groups excluding tert-OH is 1. The van der Waals surface area contributed by atoms with E-state index in [1.165, 1.54) is 0 Å². The van der Waals surface area contributed by atoms with E-state index in [1.807, 2.05) is 0 Å². The summed E-state index contributed by atoms with van der Waals surface area (Å²) in [6.45, 7) is 1.15. The van der Waals surface area contributed by atoms with E-state index in [2.05, 4.69) is 16.8 Å². The minimum Gasteiger partial charge on any atom is -0.384 e. The predicted octanol–water partition coefficient (Wildman–Crippen LogP) is 0.676. The Morgan fingerprint density at radius 3 is 3.20 bits per heavy atom. The number of rotatable bonds is 2. The van der Waals surface area contributed by atoms with Gasteiger partial charge in [0.05, 0.1) is 11.7 Å². The lowest BCUT2D eigenvalue weighted by Gasteiger charge is -2.31. The second-order valence-electron chi connectivity index (χ2n) is 4.67. The normalized spacial score (nSPS) is 18.3. The van der Waals surface area contributed by atoms with Crippen LogP contribution < -0.4 is 0 Å². The van der Waals surface area contributed by atoms with E-state index in [-0.39, 0.29) is 18.6 Å². The summed E-state index contributed by atoms with van der Waals surface area (Å²) in [5, 5.41) is 8.68. The van der Waals surface area contributed by atoms with E-state index in [1.54, 1.807) is 30.5 Å². The largest absolute Gasteiger partial charge is 0.384 e. The lowest BCUT2D eigenvalue weighted by atomic mass is 10.1. The van der Waals surface area contributed by atoms with Gasteiger partial charge in [-0.2, -0.15) is 0 Å². The fraction of sp³-hybridized carbons (Fsp3) is 0.467. The number of ether oxygens (including phenoxy) is 1. The maximum atomic E-state index is 12.4. The van der Waals surface area contributed by atoms with Crippen LogP contribution >= 0.6 is 0 Å². The smallest absolute Gasteiger partial charge is 0.255 e. The molecular formula is C15H18N2O3. The first-order valence-corrected chi connectivity index (χ1v) is 6.61. The van der Waals surface area contributed by atoms with Crippen LogP contribution in [0.5, 0.6) is 0 Å². The maximum absolute atomic E-state index is 12.4. The number of nitrogens with zero attached hydrogens (tertiary/aromatic N) is 2. The van der Waals surface area contributed by atoms with Crippen molar-refractivity contribution >= 4 is 5.91 Å². The molecule has 0 aliphatic carbocycles. The Morgan fingerprint density at radius 2 is 2.45 bits per heavy atom. The number of carbonyl (C=O) groups is 1. The number of amides is 1. The van der Waals surface area contributed by atoms with Crippen molar-refractivity contribution in [2.45, 2.75) is 18.9 Å². The highest BCUT2D eigenvalue weighted by Crippen LogP contribution is 2.15. The zero-order chi connectivity index (χ0) is 14.4. The van der Waals surface area contributed by atoms with Crippen LogP contribution in [-0.4, -0.2) is 53.8 Å². The van der Waals surface area contributed by atoms with Crippen molar-refractivity contribution in [3.05, 3.63) is 29.6 Å². The summed E-state index contributed by atoms with van der Waals surface area (Å²) < 4.78 is 5.32. The third-order valence-corrected chi connectivity index (χ3v) is 3.30. The van der Waals surface area contributed by atoms with Crippen LogP contribution in [0.2, 0.25) is 0 Å². The average molecular weight is 274 g/mol. The van der Waals surface area contributed by atoms with Gasteiger partial charge in [-0.05, 0) is 18.9 Å². The Hall–Kier alpha value is -1.90. The number of aromatic nitrogens is 1. The monoisotopic (exact) mass is 274 g/mol. The van der Waals surface area contributed by atoms with Crippen molar-refractivity contribution in [1.82, 2.24) is 9.88 Å². The third-order valence-electron chi connectivity index (χ3n) is 3.30. The number of pyridine rings is 1. The van der Waals surface area contributed by atoms with Crippen molar-refractivity contribution in [2.75, 3.05) is 26.8 Å². The summed E-state index contributed by atoms with van der Waals surface area (Å²) in [5.41, 5.74) is 1.15. The molecule has 1 amide bonds. The van der Waals surface area contributed by atoms with Crippen LogP contribution in [0.1, 0.15) is 28.8 Å². The van der Waals surface area contributed by atoms with Gasteiger partial charge in [-0.15, -0.1) is 0 Å². The molecule has 1 unspecified atom stereocenters. The molecule has 1 aromatic rings. The molecule has 0 bridgehead atoms. The van der Waals surface area contributed by atoms with Crippen LogP contribution in [-0.2, 0) is 4.74 Å². The van der Waals surface area contributed by atoms with Crippen molar-refractivity contribution in [3.63, 3.8) is 0 Å². The number of hydrogen-bond donors (Lipinski definition) is 1. The zero-order valence-electron chi connectivity index (χ0n) is 11.5. The second kappa shape index (κ2) is 7.04. The van der Waals surface area contributed by atoms with Gasteiger partial charge >= 0.3 is 0 Å². The SMILES string of the molecule is COC1CCCN(C(=O)c2cncc(C#CCO)c2)C1. The molecule has 1 aliphatic heterocycles. The van der Waals surface area contributed by atoms with E-state index < -0.39 is 0 Å². The van der Waals surface area contributed by atoms with Gasteiger partial charge in [-0.25, -0.2) is 0 Å². The van der Waals surface area contributed by atoms with Gasteiger partial charge in [-0.1, -0.05) is 11.8 Å². The summed E-state index contributed by atoms with van der Waals surface area (Å²) in [4.78, 5) is 18.2. The Bertz CT molecular complexity index is 533. The number of likely N-dealkylation sites (tertiary alicyclic amines) is 1. The first-order valence-electron chi connectivity index (χ1n) is 6.61. The van der Waals surface area contributed by atoms with Crippen LogP contribution in [0, 0.1) is 11.8 Å². The molecule has 106 valence electrons. The van der Waals surface area contributed by atoms with Crippen molar-refractivity contribution in [2.24, 2.45) is 0 Å². The molecule has 1 atom stereocenters. The molecule has 0 spiro atoms. The molecule has 1 saturated heterocycles. The van der Waals surface area contributed by atoms with Gasteiger partial charge in [0.25, 0.3) is 5.91 Å². The molecule has 5 nitrogen and oxygen atoms in total. The lowest BCUT2D eigenvalue weighted by molar-refractivity contribution is 0.0268. The average Bonchev–Trinajstić information content (AvgIpc) is 2.52. The summed E-state index contributed by atoms with van der Waals surface area (Å²) in [6.07, 6.45) is 5.16. The number of aliphatic hydroxyl groups is 1. The highest BCUT2D eigenvalue weighted by atomic mass is 16.5. The van der Waals surface area contributed by atoms with Crippen molar-refractivity contribution in [1.29, 1.82) is 0 Å². The van der Waals surface area contributed by atoms with Gasteiger partial charge in [0.2, 0.25) is 0 Å². The van der Waals surface area contributed by atoms with Gasteiger partial charge < -0.3 is 14.7 Å². The van der Waals surface area contributed by atoms with E-state index in [4.69, 9.17) is 9.84 Å². The molecule has 0 radical (unpaired) electrons. The molecule has 1 N–H and O–H groups in total. The molecule has 2 heterocycles. The second-order valence-corrected chi connectivity index (χ2v) is 4.67. The molecule has 0 aromatic carbocycles. The van der Waals surface area contributed by atoms with E-state index in [9.17, 15) is 4.79 Å². The van der Waals surface area contributed by atoms with Gasteiger partial charge in [0.1, 0.15) is 6.61 Å². The van der Waals surface area contributed by atoms with Crippen molar-refractivity contribution < 1.29 is 14.6 Å². The molecule has 2 rings (SSSR count). The van der Waals surface area contributed by atoms with E-state index in [0.717, 1.165) is 19.4 Å². The minimum atomic E-state index is -0.209. The Labute approximate surface area is 118 Å². The Morgan fingerprint density at radius 1 is 1.60 bits per heavy atom. The molecule has 1 aromatic heterocycles. The minimum absolute atomic E-state index is 0.0492. The Balaban J connectivity index is 2.12. The molecule has 1 fully saturated rings. The number of carbonyl (C=O) groups excluding carboxylic acids is 1. The molecule has 0 saturated carbocycles. The molecule has 20 heavy (non-hydrogen) atoms. The fourth-order valence-electron chi connectivity index (χ4n) is 2.26. The van der Waals surface area contributed by atoms with Crippen LogP contribution in [0.25, 0.3) is 0 Å². The van der Waals surface area contributed by atoms with Crippen LogP contribution in [0.15, 0.2) is 18.5 Å². The summed E-state index contributed by atoms with van der Waals surface area (Å²) in [6, 6.07) is 1.70. The molecule has 5 heteroatoms. The van der Waals surface area contributed by atoms with Gasteiger partial charge in [-0.3, -0.25) is 9.78 Å². The zero-order valence-corrected chi connectivity index (χ0v) is 11.5. The lowest BCUT2D eigenvalue weighted by Crippen LogP contribution is -2.42. The standard InChI is InChI=1S/C15H18N2O3/c1-20-14-5-2-6-17(11-14)15(19)13-8-12(4-3-7-18)9-16-10-13/h8-10,14,18H,2,5-7,11H2,1H3.